The number of guanidine groups is 1. The molecule has 7 heteroatoms. The lowest BCUT2D eigenvalue weighted by molar-refractivity contribution is 0.171. The topological polar surface area (TPSA) is 49.3 Å². The highest BCUT2D eigenvalue weighted by atomic mass is 32.2. The Balaban J connectivity index is 1.92. The number of rotatable bonds is 9. The molecule has 1 aromatic carbocycles. The molecule has 0 amide bonds. The molecule has 0 saturated carbocycles. The van der Waals surface area contributed by atoms with Crippen molar-refractivity contribution in [3.05, 3.63) is 23.8 Å². The molecule has 1 aliphatic rings. The molecule has 1 aromatic rings. The van der Waals surface area contributed by atoms with Crippen LogP contribution in [0, 0.1) is 0 Å². The number of hydrogen-bond donors (Lipinski definition) is 1. The molecule has 1 fully saturated rings. The summed E-state index contributed by atoms with van der Waals surface area (Å²) in [4.78, 5) is 9.64. The van der Waals surface area contributed by atoms with E-state index < -0.39 is 0 Å². The van der Waals surface area contributed by atoms with E-state index in [9.17, 15) is 0 Å². The van der Waals surface area contributed by atoms with E-state index in [0.717, 1.165) is 69.7 Å². The van der Waals surface area contributed by atoms with Crippen LogP contribution in [0.15, 0.2) is 23.2 Å². The Labute approximate surface area is 168 Å². The van der Waals surface area contributed by atoms with Crippen LogP contribution in [-0.4, -0.2) is 81.3 Å². The highest BCUT2D eigenvalue weighted by molar-refractivity contribution is 7.98. The minimum absolute atomic E-state index is 0.871. The number of thioether (sulfide) groups is 1. The van der Waals surface area contributed by atoms with Gasteiger partial charge < -0.3 is 19.7 Å². The first kappa shape index (κ1) is 21.7. The zero-order valence-electron chi connectivity index (χ0n) is 17.2. The first-order valence-electron chi connectivity index (χ1n) is 9.67. The van der Waals surface area contributed by atoms with Crippen LogP contribution < -0.4 is 14.8 Å². The predicted molar refractivity (Wildman–Crippen MR) is 115 cm³/mol. The van der Waals surface area contributed by atoms with E-state index in [1.165, 1.54) is 11.3 Å². The Bertz CT molecular complexity index is 589. The number of nitrogens with zero attached hydrogens (tertiary/aromatic N) is 3. The van der Waals surface area contributed by atoms with Gasteiger partial charge in [-0.3, -0.25) is 9.89 Å². The average molecular weight is 395 g/mol. The second-order valence-corrected chi connectivity index (χ2v) is 7.51. The number of piperazine rings is 1. The average Bonchev–Trinajstić information content (AvgIpc) is 2.71. The second-order valence-electron chi connectivity index (χ2n) is 6.52. The largest absolute Gasteiger partial charge is 0.497 e. The lowest BCUT2D eigenvalue weighted by atomic mass is 10.1. The van der Waals surface area contributed by atoms with Crippen molar-refractivity contribution in [1.82, 2.24) is 15.1 Å². The SMILES string of the molecule is CCNC(=NCCCSC)N1CCN(Cc2cc(OC)ccc2OC)CC1. The van der Waals surface area contributed by atoms with Gasteiger partial charge in [0.2, 0.25) is 0 Å². The number of aliphatic imine (C=N–C) groups is 1. The third-order valence-electron chi connectivity index (χ3n) is 4.66. The highest BCUT2D eigenvalue weighted by Crippen LogP contribution is 2.25. The predicted octanol–water partition coefficient (Wildman–Crippen LogP) is 2.54. The highest BCUT2D eigenvalue weighted by Gasteiger charge is 2.20. The van der Waals surface area contributed by atoms with Gasteiger partial charge in [0.25, 0.3) is 0 Å². The van der Waals surface area contributed by atoms with E-state index in [1.54, 1.807) is 14.2 Å². The van der Waals surface area contributed by atoms with Gasteiger partial charge in [0.05, 0.1) is 14.2 Å². The Morgan fingerprint density at radius 3 is 2.59 bits per heavy atom. The lowest BCUT2D eigenvalue weighted by Crippen LogP contribution is -2.52. The van der Waals surface area contributed by atoms with Crippen molar-refractivity contribution in [2.75, 3.05) is 65.5 Å². The maximum absolute atomic E-state index is 5.52. The van der Waals surface area contributed by atoms with Crippen molar-refractivity contribution in [1.29, 1.82) is 0 Å². The van der Waals surface area contributed by atoms with E-state index in [4.69, 9.17) is 14.5 Å². The van der Waals surface area contributed by atoms with Gasteiger partial charge in [0, 0.05) is 51.4 Å². The molecule has 0 spiro atoms. The minimum atomic E-state index is 0.871. The van der Waals surface area contributed by atoms with Crippen LogP contribution in [0.3, 0.4) is 0 Å². The number of hydrogen-bond acceptors (Lipinski definition) is 5. The molecular formula is C20H34N4O2S. The quantitative estimate of drug-likeness (QED) is 0.395. The van der Waals surface area contributed by atoms with Crippen molar-refractivity contribution >= 4 is 17.7 Å². The Morgan fingerprint density at radius 2 is 1.96 bits per heavy atom. The zero-order valence-corrected chi connectivity index (χ0v) is 18.0. The molecule has 152 valence electrons. The molecule has 0 bridgehead atoms. The normalized spacial score (nSPS) is 15.7. The monoisotopic (exact) mass is 394 g/mol. The lowest BCUT2D eigenvalue weighted by Gasteiger charge is -2.36. The van der Waals surface area contributed by atoms with Gasteiger partial charge in [-0.1, -0.05) is 0 Å². The number of ether oxygens (including phenoxy) is 2. The fourth-order valence-electron chi connectivity index (χ4n) is 3.18. The zero-order chi connectivity index (χ0) is 19.5. The standard InChI is InChI=1S/C20H34N4O2S/c1-5-21-20(22-9-6-14-27-4)24-12-10-23(11-13-24)16-17-15-18(25-2)7-8-19(17)26-3/h7-8,15H,5-6,9-14,16H2,1-4H3,(H,21,22). The molecule has 1 aliphatic heterocycles. The van der Waals surface area contributed by atoms with Gasteiger partial charge in [-0.15, -0.1) is 0 Å². The Hall–Kier alpha value is -1.60. The minimum Gasteiger partial charge on any atom is -0.497 e. The van der Waals surface area contributed by atoms with Crippen LogP contribution in [0.25, 0.3) is 0 Å². The summed E-state index contributed by atoms with van der Waals surface area (Å²) in [5.41, 5.74) is 1.17. The van der Waals surface area contributed by atoms with Crippen LogP contribution >= 0.6 is 11.8 Å². The van der Waals surface area contributed by atoms with E-state index in [-0.39, 0.29) is 0 Å². The van der Waals surface area contributed by atoms with Crippen molar-refractivity contribution in [3.63, 3.8) is 0 Å². The fraction of sp³-hybridized carbons (Fsp3) is 0.650. The molecule has 1 N–H and O–H groups in total. The molecule has 6 nitrogen and oxygen atoms in total. The van der Waals surface area contributed by atoms with Crippen LogP contribution in [-0.2, 0) is 6.54 Å². The Morgan fingerprint density at radius 1 is 1.19 bits per heavy atom. The summed E-state index contributed by atoms with van der Waals surface area (Å²) in [6.07, 6.45) is 3.27. The van der Waals surface area contributed by atoms with Crippen molar-refractivity contribution in [3.8, 4) is 11.5 Å². The van der Waals surface area contributed by atoms with Gasteiger partial charge in [-0.2, -0.15) is 11.8 Å². The summed E-state index contributed by atoms with van der Waals surface area (Å²) >= 11 is 1.88. The summed E-state index contributed by atoms with van der Waals surface area (Å²) in [7, 11) is 3.42. The van der Waals surface area contributed by atoms with Gasteiger partial charge >= 0.3 is 0 Å². The molecule has 0 aromatic heterocycles. The van der Waals surface area contributed by atoms with E-state index in [2.05, 4.69) is 34.4 Å². The van der Waals surface area contributed by atoms with Gasteiger partial charge in [-0.05, 0) is 43.6 Å². The summed E-state index contributed by atoms with van der Waals surface area (Å²) in [5.74, 6) is 4.01. The molecule has 0 unspecified atom stereocenters. The van der Waals surface area contributed by atoms with Crippen molar-refractivity contribution in [2.24, 2.45) is 4.99 Å². The molecule has 1 saturated heterocycles. The maximum atomic E-state index is 5.52. The third kappa shape index (κ3) is 6.81. The van der Waals surface area contributed by atoms with E-state index in [1.807, 2.05) is 23.9 Å². The number of benzene rings is 1. The Kier molecular flexibility index (Phi) is 9.62. The molecule has 2 rings (SSSR count). The molecule has 0 radical (unpaired) electrons. The van der Waals surface area contributed by atoms with Crippen molar-refractivity contribution < 1.29 is 9.47 Å². The molecule has 0 aliphatic carbocycles. The molecular weight excluding hydrogens is 360 g/mol. The molecule has 0 atom stereocenters. The summed E-state index contributed by atoms with van der Waals surface area (Å²) < 4.78 is 10.9. The third-order valence-corrected chi connectivity index (χ3v) is 5.35. The molecule has 1 heterocycles. The number of methoxy groups -OCH3 is 2. The van der Waals surface area contributed by atoms with Gasteiger partial charge in [-0.25, -0.2) is 0 Å². The van der Waals surface area contributed by atoms with E-state index in [0.29, 0.717) is 0 Å². The summed E-state index contributed by atoms with van der Waals surface area (Å²) in [5, 5.41) is 3.44. The van der Waals surface area contributed by atoms with Crippen LogP contribution in [0.5, 0.6) is 11.5 Å². The second kappa shape index (κ2) is 12.0. The van der Waals surface area contributed by atoms with Crippen molar-refractivity contribution in [2.45, 2.75) is 19.9 Å². The van der Waals surface area contributed by atoms with Gasteiger partial charge in [0.1, 0.15) is 11.5 Å². The fourth-order valence-corrected chi connectivity index (χ4v) is 3.60. The van der Waals surface area contributed by atoms with Gasteiger partial charge in [0.15, 0.2) is 5.96 Å². The number of nitrogens with one attached hydrogen (secondary N) is 1. The summed E-state index contributed by atoms with van der Waals surface area (Å²) in [6.45, 7) is 8.79. The van der Waals surface area contributed by atoms with E-state index >= 15 is 0 Å². The summed E-state index contributed by atoms with van der Waals surface area (Å²) in [6, 6.07) is 5.99. The maximum Gasteiger partial charge on any atom is 0.194 e. The van der Waals surface area contributed by atoms with Crippen LogP contribution in [0.4, 0.5) is 0 Å². The first-order chi connectivity index (χ1) is 13.2. The molecule has 27 heavy (non-hydrogen) atoms. The first-order valence-corrected chi connectivity index (χ1v) is 11.1. The van der Waals surface area contributed by atoms with Crippen LogP contribution in [0.2, 0.25) is 0 Å². The van der Waals surface area contributed by atoms with Crippen LogP contribution in [0.1, 0.15) is 18.9 Å². The smallest absolute Gasteiger partial charge is 0.194 e.